The first-order valence-electron chi connectivity index (χ1n) is 4.76. The molecular formula is C11H12O5S. The van der Waals surface area contributed by atoms with Crippen LogP contribution in [0.3, 0.4) is 0 Å². The number of methoxy groups -OCH3 is 2. The number of esters is 1. The Morgan fingerprint density at radius 2 is 2.00 bits per heavy atom. The van der Waals surface area contributed by atoms with Crippen molar-refractivity contribution < 1.29 is 23.4 Å². The molecule has 1 aliphatic rings. The Bertz CT molecular complexity index is 507. The minimum Gasteiger partial charge on any atom is -0.496 e. The van der Waals surface area contributed by atoms with Gasteiger partial charge < -0.3 is 9.47 Å². The number of fused-ring (bicyclic) bond motifs is 1. The van der Waals surface area contributed by atoms with Crippen LogP contribution in [0.2, 0.25) is 0 Å². The summed E-state index contributed by atoms with van der Waals surface area (Å²) >= 11 is 0. The van der Waals surface area contributed by atoms with Crippen LogP contribution < -0.4 is 4.74 Å². The van der Waals surface area contributed by atoms with Crippen LogP contribution >= 0.6 is 10.6 Å². The molecule has 0 atom stereocenters. The van der Waals surface area contributed by atoms with Gasteiger partial charge in [0.15, 0.2) is 0 Å². The van der Waals surface area contributed by atoms with Gasteiger partial charge in [0, 0.05) is 11.0 Å². The molecule has 1 aliphatic heterocycles. The predicted molar refractivity (Wildman–Crippen MR) is 64.5 cm³/mol. The normalized spacial score (nSPS) is 17.4. The molecule has 0 unspecified atom stereocenters. The van der Waals surface area contributed by atoms with Crippen molar-refractivity contribution in [1.29, 1.82) is 0 Å². The van der Waals surface area contributed by atoms with Gasteiger partial charge in [-0.1, -0.05) is 0 Å². The Morgan fingerprint density at radius 3 is 2.59 bits per heavy atom. The molecule has 0 saturated carbocycles. The van der Waals surface area contributed by atoms with E-state index in [4.69, 9.17) is 4.74 Å². The topological polar surface area (TPSA) is 76.0 Å². The predicted octanol–water partition coefficient (Wildman–Crippen LogP) is 2.58. The molecule has 1 aromatic rings. The summed E-state index contributed by atoms with van der Waals surface area (Å²) in [4.78, 5) is 11.7. The van der Waals surface area contributed by atoms with Crippen molar-refractivity contribution in [3.05, 3.63) is 28.7 Å². The van der Waals surface area contributed by atoms with Gasteiger partial charge in [-0.15, -0.1) is 10.6 Å². The van der Waals surface area contributed by atoms with E-state index < -0.39 is 16.6 Å². The van der Waals surface area contributed by atoms with Crippen LogP contribution in [0.1, 0.15) is 15.9 Å². The van der Waals surface area contributed by atoms with E-state index in [1.807, 2.05) is 0 Å². The second-order valence-corrected chi connectivity index (χ2v) is 5.38. The van der Waals surface area contributed by atoms with E-state index in [1.54, 1.807) is 6.08 Å². The van der Waals surface area contributed by atoms with Gasteiger partial charge in [0.25, 0.3) is 0 Å². The van der Waals surface area contributed by atoms with Crippen LogP contribution in [0.25, 0.3) is 6.08 Å². The summed E-state index contributed by atoms with van der Waals surface area (Å²) in [6.45, 7) is 0. The Kier molecular flexibility index (Phi) is 2.86. The summed E-state index contributed by atoms with van der Waals surface area (Å²) in [7, 11) is -0.256. The fourth-order valence-corrected chi connectivity index (χ4v) is 2.92. The van der Waals surface area contributed by atoms with Gasteiger partial charge in [-0.25, -0.2) is 4.79 Å². The second-order valence-electron chi connectivity index (χ2n) is 3.48. The zero-order valence-corrected chi connectivity index (χ0v) is 10.2. The maximum absolute atomic E-state index is 11.4. The summed E-state index contributed by atoms with van der Waals surface area (Å²) < 4.78 is 29.3. The Morgan fingerprint density at radius 1 is 1.29 bits per heavy atom. The lowest BCUT2D eigenvalue weighted by atomic mass is 10.1. The van der Waals surface area contributed by atoms with Gasteiger partial charge in [0.2, 0.25) is 0 Å². The molecular weight excluding hydrogens is 244 g/mol. The third-order valence-corrected chi connectivity index (χ3v) is 3.99. The van der Waals surface area contributed by atoms with Crippen LogP contribution in [0.15, 0.2) is 22.4 Å². The molecule has 0 saturated heterocycles. The van der Waals surface area contributed by atoms with Crippen molar-refractivity contribution >= 4 is 22.6 Å². The Labute approximate surface area is 100 Å². The van der Waals surface area contributed by atoms with E-state index in [-0.39, 0.29) is 10.5 Å². The second kappa shape index (κ2) is 4.06. The highest BCUT2D eigenvalue weighted by Crippen LogP contribution is 2.58. The molecule has 2 N–H and O–H groups in total. The molecule has 1 heterocycles. The van der Waals surface area contributed by atoms with Crippen LogP contribution in [-0.2, 0) is 4.74 Å². The van der Waals surface area contributed by atoms with Crippen molar-refractivity contribution in [1.82, 2.24) is 0 Å². The lowest BCUT2D eigenvalue weighted by molar-refractivity contribution is 0.0600. The molecule has 6 heteroatoms. The number of carbonyl (C=O) groups is 1. The van der Waals surface area contributed by atoms with Gasteiger partial charge in [-0.3, -0.25) is 9.11 Å². The van der Waals surface area contributed by atoms with Gasteiger partial charge in [-0.05, 0) is 18.2 Å². The lowest BCUT2D eigenvalue weighted by Crippen LogP contribution is -2.04. The maximum Gasteiger partial charge on any atom is 0.338 e. The van der Waals surface area contributed by atoms with Crippen LogP contribution in [0, 0.1) is 0 Å². The number of benzene rings is 1. The van der Waals surface area contributed by atoms with Gasteiger partial charge in [0.05, 0.1) is 24.7 Å². The number of ether oxygens (including phenoxy) is 2. The molecule has 5 nitrogen and oxygen atoms in total. The molecule has 0 radical (unpaired) electrons. The molecule has 0 fully saturated rings. The SMILES string of the molecule is COC(=O)c1cc(OC)c2c(c1)S(O)(O)C=C2. The van der Waals surface area contributed by atoms with E-state index in [9.17, 15) is 13.9 Å². The van der Waals surface area contributed by atoms with E-state index in [1.165, 1.54) is 31.8 Å². The quantitative estimate of drug-likeness (QED) is 0.795. The van der Waals surface area contributed by atoms with Crippen LogP contribution in [0.4, 0.5) is 0 Å². The van der Waals surface area contributed by atoms with Crippen LogP contribution in [-0.4, -0.2) is 29.3 Å². The van der Waals surface area contributed by atoms with Gasteiger partial charge in [0.1, 0.15) is 5.75 Å². The summed E-state index contributed by atoms with van der Waals surface area (Å²) in [5.74, 6) is -0.134. The minimum absolute atomic E-state index is 0.228. The number of carbonyl (C=O) groups excluding carboxylic acids is 1. The molecule has 0 bridgehead atoms. The van der Waals surface area contributed by atoms with Gasteiger partial charge >= 0.3 is 5.97 Å². The van der Waals surface area contributed by atoms with Crippen molar-refractivity contribution in [2.45, 2.75) is 4.90 Å². The number of hydrogen-bond donors (Lipinski definition) is 2. The average molecular weight is 256 g/mol. The lowest BCUT2D eigenvalue weighted by Gasteiger charge is -2.26. The molecule has 17 heavy (non-hydrogen) atoms. The number of rotatable bonds is 2. The van der Waals surface area contributed by atoms with Crippen molar-refractivity contribution in [2.24, 2.45) is 0 Å². The van der Waals surface area contributed by atoms with Crippen molar-refractivity contribution in [3.8, 4) is 5.75 Å². The Balaban J connectivity index is 2.61. The minimum atomic E-state index is -2.97. The van der Waals surface area contributed by atoms with E-state index in [0.29, 0.717) is 11.3 Å². The average Bonchev–Trinajstić information content (AvgIpc) is 2.63. The third-order valence-electron chi connectivity index (χ3n) is 2.49. The first kappa shape index (κ1) is 12.0. The molecule has 0 aliphatic carbocycles. The summed E-state index contributed by atoms with van der Waals surface area (Å²) in [5, 5.41) is 1.31. The first-order valence-corrected chi connectivity index (χ1v) is 6.37. The smallest absolute Gasteiger partial charge is 0.338 e. The van der Waals surface area contributed by atoms with Crippen LogP contribution in [0.5, 0.6) is 5.75 Å². The fourth-order valence-electron chi connectivity index (χ4n) is 1.65. The summed E-state index contributed by atoms with van der Waals surface area (Å²) in [6, 6.07) is 2.93. The standard InChI is InChI=1S/C11H12O5S/c1-15-9-5-7(11(12)16-2)6-10-8(9)3-4-17(10,13)14/h3-6,13-14H,1-2H3. The zero-order chi connectivity index (χ0) is 12.6. The molecule has 0 spiro atoms. The number of hydrogen-bond acceptors (Lipinski definition) is 5. The zero-order valence-electron chi connectivity index (χ0n) is 9.34. The first-order chi connectivity index (χ1) is 7.99. The summed E-state index contributed by atoms with van der Waals surface area (Å²) in [6.07, 6.45) is 1.57. The fraction of sp³-hybridized carbons (Fsp3) is 0.182. The molecule has 92 valence electrons. The van der Waals surface area contributed by atoms with Gasteiger partial charge in [-0.2, -0.15) is 0 Å². The van der Waals surface area contributed by atoms with Crippen molar-refractivity contribution in [2.75, 3.05) is 14.2 Å². The van der Waals surface area contributed by atoms with E-state index >= 15 is 0 Å². The molecule has 2 rings (SSSR count). The highest BCUT2D eigenvalue weighted by molar-refractivity contribution is 8.27. The van der Waals surface area contributed by atoms with E-state index in [0.717, 1.165) is 0 Å². The summed E-state index contributed by atoms with van der Waals surface area (Å²) in [5.41, 5.74) is 0.812. The molecule has 0 aromatic heterocycles. The highest BCUT2D eigenvalue weighted by atomic mass is 32.3. The highest BCUT2D eigenvalue weighted by Gasteiger charge is 2.26. The van der Waals surface area contributed by atoms with Crippen molar-refractivity contribution in [3.63, 3.8) is 0 Å². The monoisotopic (exact) mass is 256 g/mol. The third kappa shape index (κ3) is 1.90. The Hall–Kier alpha value is -1.50. The largest absolute Gasteiger partial charge is 0.496 e. The van der Waals surface area contributed by atoms with E-state index in [2.05, 4.69) is 4.74 Å². The molecule has 1 aromatic carbocycles. The molecule has 0 amide bonds. The maximum atomic E-state index is 11.4.